The van der Waals surface area contributed by atoms with E-state index in [4.69, 9.17) is 13.9 Å². The maximum Gasteiger partial charge on any atom is 1.00 e. The number of aryl methyl sites for hydroxylation is 1. The molecule has 2 aromatic carbocycles. The average Bonchev–Trinajstić information content (AvgIpc) is 2.70. The van der Waals surface area contributed by atoms with Gasteiger partial charge in [-0.15, -0.1) is 0 Å². The van der Waals surface area contributed by atoms with Crippen LogP contribution >= 0.6 is 0 Å². The fourth-order valence-corrected chi connectivity index (χ4v) is 2.83. The van der Waals surface area contributed by atoms with Gasteiger partial charge in [0.25, 0.3) is 0 Å². The van der Waals surface area contributed by atoms with Gasteiger partial charge in [0.1, 0.15) is 22.6 Å². The molecular formula is C21H17NaO7. The number of carboxylic acids is 1. The number of aliphatic carboxylic acids is 1. The Labute approximate surface area is 188 Å². The van der Waals surface area contributed by atoms with E-state index in [-0.39, 0.29) is 52.7 Å². The van der Waals surface area contributed by atoms with E-state index in [1.165, 1.54) is 20.3 Å². The summed E-state index contributed by atoms with van der Waals surface area (Å²) in [6, 6.07) is 11.0. The third kappa shape index (κ3) is 5.06. The second-order valence-corrected chi connectivity index (χ2v) is 6.09. The number of hydrogen-bond acceptors (Lipinski definition) is 7. The molecule has 0 radical (unpaired) electrons. The van der Waals surface area contributed by atoms with Crippen LogP contribution in [0.1, 0.15) is 27.9 Å². The van der Waals surface area contributed by atoms with Crippen molar-refractivity contribution in [1.29, 1.82) is 0 Å². The molecule has 0 bridgehead atoms. The van der Waals surface area contributed by atoms with Gasteiger partial charge in [-0.1, -0.05) is 24.3 Å². The minimum Gasteiger partial charge on any atom is -0.550 e. The summed E-state index contributed by atoms with van der Waals surface area (Å²) in [6.45, 7) is 0. The molecule has 0 fully saturated rings. The van der Waals surface area contributed by atoms with Crippen molar-refractivity contribution in [1.82, 2.24) is 0 Å². The Balaban J connectivity index is 0.00000300. The van der Waals surface area contributed by atoms with E-state index in [0.717, 1.165) is 5.56 Å². The van der Waals surface area contributed by atoms with Crippen molar-refractivity contribution in [3.05, 3.63) is 69.6 Å². The summed E-state index contributed by atoms with van der Waals surface area (Å²) in [5.41, 5.74) is 0.388. The Morgan fingerprint density at radius 2 is 1.72 bits per heavy atom. The number of ketones is 1. The zero-order chi connectivity index (χ0) is 20.3. The molecule has 0 saturated heterocycles. The summed E-state index contributed by atoms with van der Waals surface area (Å²) < 4.78 is 15.8. The Morgan fingerprint density at radius 1 is 1.03 bits per heavy atom. The Morgan fingerprint density at radius 3 is 2.31 bits per heavy atom. The van der Waals surface area contributed by atoms with Crippen LogP contribution in [0.5, 0.6) is 11.5 Å². The van der Waals surface area contributed by atoms with E-state index in [1.54, 1.807) is 36.4 Å². The molecule has 0 atom stereocenters. The predicted molar refractivity (Wildman–Crippen MR) is 98.8 cm³/mol. The van der Waals surface area contributed by atoms with Crippen molar-refractivity contribution < 1.29 is 58.1 Å². The molecule has 0 unspecified atom stereocenters. The molecule has 3 rings (SSSR count). The van der Waals surface area contributed by atoms with Gasteiger partial charge in [-0.25, -0.2) is 4.79 Å². The SMILES string of the molecule is COc1cc(OC)c2cc(C(=O)c3ccc(CCC(=O)[O-])cc3)c(=O)oc2c1.[Na+]. The first kappa shape index (κ1) is 22.7. The van der Waals surface area contributed by atoms with E-state index in [9.17, 15) is 19.5 Å². The first-order valence-corrected chi connectivity index (χ1v) is 8.46. The minimum atomic E-state index is -1.14. The van der Waals surface area contributed by atoms with Crippen molar-refractivity contribution in [2.45, 2.75) is 12.8 Å². The first-order chi connectivity index (χ1) is 13.4. The van der Waals surface area contributed by atoms with Gasteiger partial charge in [-0.05, 0) is 24.5 Å². The van der Waals surface area contributed by atoms with Crippen molar-refractivity contribution in [2.24, 2.45) is 0 Å². The van der Waals surface area contributed by atoms with Gasteiger partial charge in [-0.3, -0.25) is 4.79 Å². The van der Waals surface area contributed by atoms with Gasteiger partial charge in [0.05, 0.1) is 19.6 Å². The van der Waals surface area contributed by atoms with Crippen LogP contribution in [-0.2, 0) is 11.2 Å². The number of ether oxygens (including phenoxy) is 2. The molecule has 3 aromatic rings. The number of rotatable bonds is 7. The molecule has 0 aliphatic heterocycles. The molecule has 0 aliphatic rings. The van der Waals surface area contributed by atoms with Crippen LogP contribution in [0.15, 0.2) is 51.7 Å². The largest absolute Gasteiger partial charge is 1.00 e. The van der Waals surface area contributed by atoms with E-state index < -0.39 is 17.4 Å². The third-order valence-corrected chi connectivity index (χ3v) is 4.32. The molecule has 7 nitrogen and oxygen atoms in total. The fourth-order valence-electron chi connectivity index (χ4n) is 2.83. The standard InChI is InChI=1S/C21H18O7.Na/c1-26-14-9-17(27-2)15-11-16(21(25)28-18(15)10-14)20(24)13-6-3-12(4-7-13)5-8-19(22)23;/h3-4,6-7,9-11H,5,8H2,1-2H3,(H,22,23);/q;+1/p-1. The van der Waals surface area contributed by atoms with Crippen molar-refractivity contribution in [2.75, 3.05) is 14.2 Å². The number of carbonyl (C=O) groups excluding carboxylic acids is 2. The number of hydrogen-bond donors (Lipinski definition) is 0. The number of benzene rings is 2. The summed E-state index contributed by atoms with van der Waals surface area (Å²) in [7, 11) is 2.94. The second kappa shape index (κ2) is 9.73. The Kier molecular flexibility index (Phi) is 7.61. The van der Waals surface area contributed by atoms with E-state index >= 15 is 0 Å². The maximum absolute atomic E-state index is 12.8. The molecular weight excluding hydrogens is 387 g/mol. The van der Waals surface area contributed by atoms with Crippen LogP contribution in [0.3, 0.4) is 0 Å². The number of carboxylic acid groups (broad SMARTS) is 1. The number of methoxy groups -OCH3 is 2. The molecule has 1 heterocycles. The minimum absolute atomic E-state index is 0. The topological polar surface area (TPSA) is 106 Å². The molecule has 8 heteroatoms. The van der Waals surface area contributed by atoms with E-state index in [1.807, 2.05) is 0 Å². The third-order valence-electron chi connectivity index (χ3n) is 4.32. The first-order valence-electron chi connectivity index (χ1n) is 8.46. The van der Waals surface area contributed by atoms with Crippen LogP contribution in [0.25, 0.3) is 11.0 Å². The van der Waals surface area contributed by atoms with Gasteiger partial charge in [0.15, 0.2) is 5.78 Å². The van der Waals surface area contributed by atoms with Crippen LogP contribution in [0, 0.1) is 0 Å². The summed E-state index contributed by atoms with van der Waals surface area (Å²) in [6.07, 6.45) is 0.193. The summed E-state index contributed by atoms with van der Waals surface area (Å²) in [4.78, 5) is 35.7. The van der Waals surface area contributed by atoms with Crippen LogP contribution in [0.4, 0.5) is 0 Å². The zero-order valence-corrected chi connectivity index (χ0v) is 18.3. The Bertz CT molecular complexity index is 1100. The normalized spacial score (nSPS) is 10.3. The fraction of sp³-hybridized carbons (Fsp3) is 0.190. The molecule has 0 aliphatic carbocycles. The summed E-state index contributed by atoms with van der Waals surface area (Å²) in [5.74, 6) is -0.775. The van der Waals surface area contributed by atoms with Gasteiger partial charge in [0, 0.05) is 23.7 Å². The quantitative estimate of drug-likeness (QED) is 0.275. The average molecular weight is 404 g/mol. The maximum atomic E-state index is 12.8. The van der Waals surface area contributed by atoms with Crippen molar-refractivity contribution in [3.63, 3.8) is 0 Å². The smallest absolute Gasteiger partial charge is 0.550 e. The summed E-state index contributed by atoms with van der Waals surface area (Å²) in [5, 5.41) is 11.0. The van der Waals surface area contributed by atoms with Gasteiger partial charge in [-0.2, -0.15) is 0 Å². The number of fused-ring (bicyclic) bond motifs is 1. The monoisotopic (exact) mass is 404 g/mol. The van der Waals surface area contributed by atoms with Gasteiger partial charge < -0.3 is 23.8 Å². The molecule has 0 saturated carbocycles. The molecule has 0 amide bonds. The second-order valence-electron chi connectivity index (χ2n) is 6.09. The molecule has 29 heavy (non-hydrogen) atoms. The zero-order valence-electron chi connectivity index (χ0n) is 16.3. The van der Waals surface area contributed by atoms with Gasteiger partial charge >= 0.3 is 35.2 Å². The predicted octanol–water partition coefficient (Wildman–Crippen LogP) is -1.27. The van der Waals surface area contributed by atoms with E-state index in [0.29, 0.717) is 23.3 Å². The number of carbonyl (C=O) groups is 2. The van der Waals surface area contributed by atoms with Crippen molar-refractivity contribution in [3.8, 4) is 11.5 Å². The Hall–Kier alpha value is -2.61. The molecule has 1 aromatic heterocycles. The molecule has 0 N–H and O–H groups in total. The molecule has 0 spiro atoms. The van der Waals surface area contributed by atoms with Gasteiger partial charge in [0.2, 0.25) is 0 Å². The van der Waals surface area contributed by atoms with Crippen LogP contribution in [-0.4, -0.2) is 26.0 Å². The van der Waals surface area contributed by atoms with Crippen LogP contribution < -0.4 is 49.8 Å². The van der Waals surface area contributed by atoms with Crippen LogP contribution in [0.2, 0.25) is 0 Å². The van der Waals surface area contributed by atoms with Crippen molar-refractivity contribution >= 4 is 22.7 Å². The summed E-state index contributed by atoms with van der Waals surface area (Å²) >= 11 is 0. The molecule has 144 valence electrons. The van der Waals surface area contributed by atoms with E-state index in [2.05, 4.69) is 0 Å².